The lowest BCUT2D eigenvalue weighted by Crippen LogP contribution is -2.43. The van der Waals surface area contributed by atoms with Gasteiger partial charge in [0.05, 0.1) is 0 Å². The second kappa shape index (κ2) is 5.32. The molecule has 0 aliphatic carbocycles. The van der Waals surface area contributed by atoms with Gasteiger partial charge in [-0.2, -0.15) is 0 Å². The van der Waals surface area contributed by atoms with Crippen molar-refractivity contribution in [2.45, 2.75) is 25.4 Å². The van der Waals surface area contributed by atoms with Crippen LogP contribution < -0.4 is 11.1 Å². The van der Waals surface area contributed by atoms with E-state index in [1.165, 1.54) is 24.9 Å². The molecule has 1 fully saturated rings. The molecule has 1 heterocycles. The van der Waals surface area contributed by atoms with Crippen molar-refractivity contribution in [2.24, 2.45) is 0 Å². The molecule has 1 aliphatic rings. The molecule has 2 rings (SSSR count). The lowest BCUT2D eigenvalue weighted by atomic mass is 10.1. The molecule has 0 saturated carbocycles. The highest BCUT2D eigenvalue weighted by molar-refractivity contribution is 5.39. The lowest BCUT2D eigenvalue weighted by Gasteiger charge is -2.30. The number of nitrogens with one attached hydrogen (secondary N) is 1. The smallest absolute Gasteiger partial charge is 0.0314 e. The van der Waals surface area contributed by atoms with E-state index in [2.05, 4.69) is 29.4 Å². The summed E-state index contributed by atoms with van der Waals surface area (Å²) in [7, 11) is 2.19. The minimum Gasteiger partial charge on any atom is -0.399 e. The van der Waals surface area contributed by atoms with Gasteiger partial charge in [-0.1, -0.05) is 12.1 Å². The van der Waals surface area contributed by atoms with Crippen LogP contribution in [0.15, 0.2) is 24.3 Å². The van der Waals surface area contributed by atoms with Crippen LogP contribution in [0.3, 0.4) is 0 Å². The number of rotatable bonds is 3. The maximum Gasteiger partial charge on any atom is 0.0314 e. The predicted octanol–water partition coefficient (Wildman–Crippen LogP) is 1.45. The monoisotopic (exact) mass is 219 g/mol. The van der Waals surface area contributed by atoms with Crippen molar-refractivity contribution in [3.05, 3.63) is 29.8 Å². The van der Waals surface area contributed by atoms with Crippen LogP contribution in [-0.2, 0) is 6.54 Å². The number of piperidine rings is 1. The number of nitrogens with zero attached hydrogens (tertiary/aromatic N) is 1. The van der Waals surface area contributed by atoms with Crippen LogP contribution in [0.25, 0.3) is 0 Å². The average molecular weight is 219 g/mol. The van der Waals surface area contributed by atoms with Crippen LogP contribution >= 0.6 is 0 Å². The number of nitrogen functional groups attached to an aromatic ring is 1. The first kappa shape index (κ1) is 11.4. The SMILES string of the molecule is CN1CCCC(NCc2ccc(N)cc2)C1. The number of likely N-dealkylation sites (tertiary alicyclic amines) is 1. The van der Waals surface area contributed by atoms with E-state index in [1.807, 2.05) is 12.1 Å². The molecular weight excluding hydrogens is 198 g/mol. The Morgan fingerprint density at radius 3 is 2.81 bits per heavy atom. The van der Waals surface area contributed by atoms with Crippen LogP contribution in [0.4, 0.5) is 5.69 Å². The molecule has 88 valence electrons. The van der Waals surface area contributed by atoms with Crippen LogP contribution in [0, 0.1) is 0 Å². The Hall–Kier alpha value is -1.06. The van der Waals surface area contributed by atoms with E-state index < -0.39 is 0 Å². The molecule has 0 amide bonds. The molecule has 1 aromatic rings. The Balaban J connectivity index is 1.80. The standard InChI is InChI=1S/C13H21N3/c1-16-8-2-3-13(10-16)15-9-11-4-6-12(14)7-5-11/h4-7,13,15H,2-3,8-10,14H2,1H3. The quantitative estimate of drug-likeness (QED) is 0.756. The van der Waals surface area contributed by atoms with E-state index >= 15 is 0 Å². The largest absolute Gasteiger partial charge is 0.399 e. The fourth-order valence-electron chi connectivity index (χ4n) is 2.23. The maximum atomic E-state index is 5.66. The number of nitrogens with two attached hydrogens (primary N) is 1. The second-order valence-electron chi connectivity index (χ2n) is 4.72. The average Bonchev–Trinajstić information content (AvgIpc) is 2.28. The highest BCUT2D eigenvalue weighted by Crippen LogP contribution is 2.10. The zero-order valence-electron chi connectivity index (χ0n) is 9.95. The summed E-state index contributed by atoms with van der Waals surface area (Å²) in [5.41, 5.74) is 7.80. The van der Waals surface area contributed by atoms with Gasteiger partial charge in [0.1, 0.15) is 0 Å². The fourth-order valence-corrected chi connectivity index (χ4v) is 2.23. The van der Waals surface area contributed by atoms with E-state index in [-0.39, 0.29) is 0 Å². The van der Waals surface area contributed by atoms with Crippen LogP contribution in [0.1, 0.15) is 18.4 Å². The summed E-state index contributed by atoms with van der Waals surface area (Å²) >= 11 is 0. The van der Waals surface area contributed by atoms with Crippen molar-refractivity contribution in [2.75, 3.05) is 25.9 Å². The van der Waals surface area contributed by atoms with Crippen LogP contribution in [-0.4, -0.2) is 31.1 Å². The summed E-state index contributed by atoms with van der Waals surface area (Å²) in [6, 6.07) is 8.74. The molecule has 1 unspecified atom stereocenters. The summed E-state index contributed by atoms with van der Waals surface area (Å²) in [5.74, 6) is 0. The zero-order chi connectivity index (χ0) is 11.4. The summed E-state index contributed by atoms with van der Waals surface area (Å²) in [6.45, 7) is 3.34. The van der Waals surface area contributed by atoms with Gasteiger partial charge in [-0.3, -0.25) is 0 Å². The highest BCUT2D eigenvalue weighted by Gasteiger charge is 2.15. The van der Waals surface area contributed by atoms with Gasteiger partial charge in [-0.25, -0.2) is 0 Å². The summed E-state index contributed by atoms with van der Waals surface area (Å²) < 4.78 is 0. The molecule has 0 spiro atoms. The minimum absolute atomic E-state index is 0.635. The van der Waals surface area contributed by atoms with Crippen molar-refractivity contribution in [3.8, 4) is 0 Å². The van der Waals surface area contributed by atoms with E-state index in [9.17, 15) is 0 Å². The van der Waals surface area contributed by atoms with Crippen molar-refractivity contribution in [1.82, 2.24) is 10.2 Å². The number of hydrogen-bond acceptors (Lipinski definition) is 3. The number of anilines is 1. The molecule has 1 saturated heterocycles. The van der Waals surface area contributed by atoms with E-state index in [0.717, 1.165) is 18.8 Å². The van der Waals surface area contributed by atoms with Gasteiger partial charge in [-0.05, 0) is 44.1 Å². The molecule has 1 aliphatic heterocycles. The van der Waals surface area contributed by atoms with Gasteiger partial charge in [0.2, 0.25) is 0 Å². The third-order valence-electron chi connectivity index (χ3n) is 3.20. The summed E-state index contributed by atoms with van der Waals surface area (Å²) in [5, 5.41) is 3.61. The van der Waals surface area contributed by atoms with E-state index in [4.69, 9.17) is 5.73 Å². The van der Waals surface area contributed by atoms with Gasteiger partial charge < -0.3 is 16.0 Å². The first-order chi connectivity index (χ1) is 7.74. The zero-order valence-corrected chi connectivity index (χ0v) is 9.95. The van der Waals surface area contributed by atoms with Gasteiger partial charge >= 0.3 is 0 Å². The Morgan fingerprint density at radius 2 is 2.12 bits per heavy atom. The van der Waals surface area contributed by atoms with E-state index in [1.54, 1.807) is 0 Å². The van der Waals surface area contributed by atoms with Crippen molar-refractivity contribution >= 4 is 5.69 Å². The molecule has 3 heteroatoms. The van der Waals surface area contributed by atoms with Crippen molar-refractivity contribution in [3.63, 3.8) is 0 Å². The lowest BCUT2D eigenvalue weighted by molar-refractivity contribution is 0.226. The molecule has 3 N–H and O–H groups in total. The van der Waals surface area contributed by atoms with Crippen molar-refractivity contribution in [1.29, 1.82) is 0 Å². The van der Waals surface area contributed by atoms with Crippen LogP contribution in [0.5, 0.6) is 0 Å². The number of likely N-dealkylation sites (N-methyl/N-ethyl adjacent to an activating group) is 1. The fraction of sp³-hybridized carbons (Fsp3) is 0.538. The molecule has 3 nitrogen and oxygen atoms in total. The first-order valence-electron chi connectivity index (χ1n) is 6.00. The topological polar surface area (TPSA) is 41.3 Å². The normalized spacial score (nSPS) is 22.2. The molecule has 1 aromatic carbocycles. The molecule has 0 radical (unpaired) electrons. The minimum atomic E-state index is 0.635. The van der Waals surface area contributed by atoms with Gasteiger partial charge in [-0.15, -0.1) is 0 Å². The molecular formula is C13H21N3. The first-order valence-corrected chi connectivity index (χ1v) is 6.00. The molecule has 0 bridgehead atoms. The van der Waals surface area contributed by atoms with E-state index in [0.29, 0.717) is 6.04 Å². The van der Waals surface area contributed by atoms with Gasteiger partial charge in [0.25, 0.3) is 0 Å². The Kier molecular flexibility index (Phi) is 3.80. The third kappa shape index (κ3) is 3.22. The molecule has 0 aromatic heterocycles. The van der Waals surface area contributed by atoms with Gasteiger partial charge in [0, 0.05) is 24.8 Å². The predicted molar refractivity (Wildman–Crippen MR) is 68.2 cm³/mol. The number of hydrogen-bond donors (Lipinski definition) is 2. The maximum absolute atomic E-state index is 5.66. The highest BCUT2D eigenvalue weighted by atomic mass is 15.1. The van der Waals surface area contributed by atoms with Crippen molar-refractivity contribution < 1.29 is 0 Å². The summed E-state index contributed by atoms with van der Waals surface area (Å²) in [4.78, 5) is 2.39. The molecule has 1 atom stereocenters. The Morgan fingerprint density at radius 1 is 1.38 bits per heavy atom. The van der Waals surface area contributed by atoms with Gasteiger partial charge in [0.15, 0.2) is 0 Å². The van der Waals surface area contributed by atoms with Crippen LogP contribution in [0.2, 0.25) is 0 Å². The summed E-state index contributed by atoms with van der Waals surface area (Å²) in [6.07, 6.45) is 2.59. The Labute approximate surface area is 97.6 Å². The second-order valence-corrected chi connectivity index (χ2v) is 4.72. The Bertz CT molecular complexity index is 320. The number of benzene rings is 1. The molecule has 16 heavy (non-hydrogen) atoms. The third-order valence-corrected chi connectivity index (χ3v) is 3.20.